The van der Waals surface area contributed by atoms with Gasteiger partial charge in [0, 0.05) is 0 Å². The first-order chi connectivity index (χ1) is 6.83. The maximum absolute atomic E-state index is 2.35. The fourth-order valence-electron chi connectivity index (χ4n) is 2.88. The number of hydrogen-bond donors (Lipinski definition) is 0. The van der Waals surface area contributed by atoms with Gasteiger partial charge in [-0.3, -0.25) is 0 Å². The minimum absolute atomic E-state index is 0.947. The number of rotatable bonds is 5. The molecule has 1 rings (SSSR count). The Morgan fingerprint density at radius 3 is 2.29 bits per heavy atom. The summed E-state index contributed by atoms with van der Waals surface area (Å²) >= 11 is 0. The lowest BCUT2D eigenvalue weighted by molar-refractivity contribution is 0.594. The molecule has 0 saturated heterocycles. The maximum atomic E-state index is 2.35. The Morgan fingerprint density at radius 2 is 1.79 bits per heavy atom. The van der Waals surface area contributed by atoms with Crippen LogP contribution >= 0.6 is 0 Å². The van der Waals surface area contributed by atoms with E-state index in [9.17, 15) is 0 Å². The molecular weight excluding hydrogens is 168 g/mol. The molecular formula is C14H26. The summed E-state index contributed by atoms with van der Waals surface area (Å²) in [5.41, 5.74) is 3.68. The third-order valence-electron chi connectivity index (χ3n) is 3.54. The largest absolute Gasteiger partial charge is 0.0708 e. The summed E-state index contributed by atoms with van der Waals surface area (Å²) in [6, 6.07) is 0. The molecule has 0 aromatic rings. The molecule has 1 unspecified atom stereocenters. The van der Waals surface area contributed by atoms with E-state index in [-0.39, 0.29) is 0 Å². The van der Waals surface area contributed by atoms with Crippen LogP contribution in [0.4, 0.5) is 0 Å². The molecule has 0 heteroatoms. The van der Waals surface area contributed by atoms with Crippen LogP contribution in [0.5, 0.6) is 0 Å². The van der Waals surface area contributed by atoms with E-state index in [0.717, 1.165) is 5.92 Å². The second kappa shape index (κ2) is 6.27. The van der Waals surface area contributed by atoms with Crippen molar-refractivity contribution >= 4 is 0 Å². The van der Waals surface area contributed by atoms with Crippen molar-refractivity contribution in [3.05, 3.63) is 11.1 Å². The molecule has 0 radical (unpaired) electrons. The Morgan fingerprint density at radius 1 is 1.14 bits per heavy atom. The molecule has 0 amide bonds. The van der Waals surface area contributed by atoms with Gasteiger partial charge in [0.1, 0.15) is 0 Å². The van der Waals surface area contributed by atoms with Crippen LogP contribution in [0.2, 0.25) is 0 Å². The summed E-state index contributed by atoms with van der Waals surface area (Å²) in [6.45, 7) is 6.98. The van der Waals surface area contributed by atoms with E-state index in [1.807, 2.05) is 11.1 Å². The summed E-state index contributed by atoms with van der Waals surface area (Å²) in [7, 11) is 0. The molecule has 14 heavy (non-hydrogen) atoms. The summed E-state index contributed by atoms with van der Waals surface area (Å²) in [5.74, 6) is 0.947. The average Bonchev–Trinajstić information content (AvgIpc) is 2.65. The molecule has 1 aliphatic rings. The van der Waals surface area contributed by atoms with Gasteiger partial charge in [0.05, 0.1) is 0 Å². The second-order valence-electron chi connectivity index (χ2n) is 4.63. The van der Waals surface area contributed by atoms with Crippen molar-refractivity contribution in [1.82, 2.24) is 0 Å². The predicted molar refractivity (Wildman–Crippen MR) is 64.5 cm³/mol. The van der Waals surface area contributed by atoms with Gasteiger partial charge in [-0.1, -0.05) is 44.8 Å². The zero-order valence-corrected chi connectivity index (χ0v) is 10.2. The summed E-state index contributed by atoms with van der Waals surface area (Å²) in [5, 5.41) is 0. The third-order valence-corrected chi connectivity index (χ3v) is 3.54. The molecule has 0 aliphatic heterocycles. The average molecular weight is 194 g/mol. The van der Waals surface area contributed by atoms with Crippen LogP contribution in [0.3, 0.4) is 0 Å². The predicted octanol–water partition coefficient (Wildman–Crippen LogP) is 5.09. The Labute approximate surface area is 89.8 Å². The van der Waals surface area contributed by atoms with Crippen LogP contribution in [0.1, 0.15) is 72.1 Å². The Bertz CT molecular complexity index is 180. The topological polar surface area (TPSA) is 0 Å². The first-order valence-electron chi connectivity index (χ1n) is 6.54. The van der Waals surface area contributed by atoms with E-state index in [2.05, 4.69) is 20.8 Å². The van der Waals surface area contributed by atoms with Crippen LogP contribution in [0.25, 0.3) is 0 Å². The molecule has 0 aromatic heterocycles. The molecule has 0 heterocycles. The van der Waals surface area contributed by atoms with Gasteiger partial charge in [-0.15, -0.1) is 0 Å². The van der Waals surface area contributed by atoms with Crippen molar-refractivity contribution < 1.29 is 0 Å². The van der Waals surface area contributed by atoms with Crippen molar-refractivity contribution in [3.63, 3.8) is 0 Å². The highest BCUT2D eigenvalue weighted by Crippen LogP contribution is 2.37. The first kappa shape index (κ1) is 11.8. The molecule has 0 bridgehead atoms. The van der Waals surface area contributed by atoms with Crippen LogP contribution in [-0.4, -0.2) is 0 Å². The molecule has 0 spiro atoms. The van der Waals surface area contributed by atoms with Crippen molar-refractivity contribution in [3.8, 4) is 0 Å². The van der Waals surface area contributed by atoms with E-state index in [4.69, 9.17) is 0 Å². The number of hydrogen-bond acceptors (Lipinski definition) is 0. The van der Waals surface area contributed by atoms with Crippen LogP contribution in [0.15, 0.2) is 11.1 Å². The Hall–Kier alpha value is -0.260. The zero-order valence-electron chi connectivity index (χ0n) is 10.2. The van der Waals surface area contributed by atoms with Gasteiger partial charge < -0.3 is 0 Å². The Balaban J connectivity index is 2.72. The normalized spacial score (nSPS) is 21.6. The highest BCUT2D eigenvalue weighted by atomic mass is 14.3. The summed E-state index contributed by atoms with van der Waals surface area (Å²) in [6.07, 6.45) is 11.1. The van der Waals surface area contributed by atoms with E-state index in [1.165, 1.54) is 51.4 Å². The van der Waals surface area contributed by atoms with Crippen LogP contribution < -0.4 is 0 Å². The fraction of sp³-hybridized carbons (Fsp3) is 0.857. The second-order valence-corrected chi connectivity index (χ2v) is 4.63. The molecule has 82 valence electrons. The van der Waals surface area contributed by atoms with Gasteiger partial charge in [-0.2, -0.15) is 0 Å². The smallest absolute Gasteiger partial charge is 0.0203 e. The lowest BCUT2D eigenvalue weighted by Gasteiger charge is -2.15. The monoisotopic (exact) mass is 194 g/mol. The van der Waals surface area contributed by atoms with Gasteiger partial charge in [-0.25, -0.2) is 0 Å². The molecule has 1 aliphatic carbocycles. The standard InChI is InChI=1S/C14H26/c1-4-8-13(9-5-2)14-11-7-10-12(14)6-3/h12H,4-11H2,1-3H3. The SMILES string of the molecule is CCCC(CCC)=C1CCCC1CC. The number of allylic oxidation sites excluding steroid dienone is 2. The highest BCUT2D eigenvalue weighted by molar-refractivity contribution is 5.20. The first-order valence-corrected chi connectivity index (χ1v) is 6.54. The van der Waals surface area contributed by atoms with E-state index < -0.39 is 0 Å². The molecule has 1 saturated carbocycles. The molecule has 0 N–H and O–H groups in total. The maximum Gasteiger partial charge on any atom is -0.0203 e. The van der Waals surface area contributed by atoms with Gasteiger partial charge in [-0.05, 0) is 44.4 Å². The Kier molecular flexibility index (Phi) is 5.29. The molecule has 1 fully saturated rings. The highest BCUT2D eigenvalue weighted by Gasteiger charge is 2.21. The summed E-state index contributed by atoms with van der Waals surface area (Å²) < 4.78 is 0. The molecule has 0 aromatic carbocycles. The third kappa shape index (κ3) is 2.87. The van der Waals surface area contributed by atoms with Gasteiger partial charge >= 0.3 is 0 Å². The quantitative estimate of drug-likeness (QED) is 0.534. The van der Waals surface area contributed by atoms with Crippen molar-refractivity contribution in [1.29, 1.82) is 0 Å². The van der Waals surface area contributed by atoms with Gasteiger partial charge in [0.25, 0.3) is 0 Å². The lowest BCUT2D eigenvalue weighted by atomic mass is 9.91. The van der Waals surface area contributed by atoms with E-state index in [1.54, 1.807) is 0 Å². The van der Waals surface area contributed by atoms with Crippen molar-refractivity contribution in [2.24, 2.45) is 5.92 Å². The van der Waals surface area contributed by atoms with Gasteiger partial charge in [0.2, 0.25) is 0 Å². The van der Waals surface area contributed by atoms with Crippen molar-refractivity contribution in [2.45, 2.75) is 72.1 Å². The molecule has 0 nitrogen and oxygen atoms in total. The van der Waals surface area contributed by atoms with Crippen LogP contribution in [0, 0.1) is 5.92 Å². The minimum Gasteiger partial charge on any atom is -0.0708 e. The van der Waals surface area contributed by atoms with Gasteiger partial charge in [0.15, 0.2) is 0 Å². The van der Waals surface area contributed by atoms with Crippen LogP contribution in [-0.2, 0) is 0 Å². The molecule has 1 atom stereocenters. The summed E-state index contributed by atoms with van der Waals surface area (Å²) in [4.78, 5) is 0. The fourth-order valence-corrected chi connectivity index (χ4v) is 2.88. The minimum atomic E-state index is 0.947. The van der Waals surface area contributed by atoms with E-state index in [0.29, 0.717) is 0 Å². The van der Waals surface area contributed by atoms with E-state index >= 15 is 0 Å². The zero-order chi connectivity index (χ0) is 10.4. The lowest BCUT2D eigenvalue weighted by Crippen LogP contribution is -1.99. The van der Waals surface area contributed by atoms with Crippen molar-refractivity contribution in [2.75, 3.05) is 0 Å².